The van der Waals surface area contributed by atoms with Crippen LogP contribution in [-0.4, -0.2) is 12.1 Å². The van der Waals surface area contributed by atoms with Gasteiger partial charge in [0.05, 0.1) is 16.7 Å². The first-order valence-corrected chi connectivity index (χ1v) is 10.8. The van der Waals surface area contributed by atoms with E-state index < -0.39 is 0 Å². The average Bonchev–Trinajstić information content (AvgIpc) is 2.60. The molecule has 0 aliphatic heterocycles. The fraction of sp³-hybridized carbons (Fsp3) is 0.500. The quantitative estimate of drug-likeness (QED) is 0.446. The van der Waals surface area contributed by atoms with Crippen molar-refractivity contribution in [3.05, 3.63) is 57.6 Å². The van der Waals surface area contributed by atoms with E-state index in [-0.39, 0.29) is 11.0 Å². The Morgan fingerprint density at radius 3 is 2.14 bits per heavy atom. The van der Waals surface area contributed by atoms with Gasteiger partial charge in [0.25, 0.3) is 0 Å². The van der Waals surface area contributed by atoms with Crippen LogP contribution in [0, 0.1) is 5.41 Å². The van der Waals surface area contributed by atoms with Gasteiger partial charge in [0.1, 0.15) is 6.61 Å². The molecule has 0 spiro atoms. The van der Waals surface area contributed by atoms with Crippen LogP contribution < -0.4 is 14.8 Å². The minimum atomic E-state index is 0.0487. The Labute approximate surface area is 185 Å². The molecule has 0 saturated carbocycles. The molecule has 2 aromatic rings. The zero-order chi connectivity index (χ0) is 21.7. The van der Waals surface area contributed by atoms with E-state index in [2.05, 4.69) is 46.0 Å². The van der Waals surface area contributed by atoms with Crippen LogP contribution in [0.25, 0.3) is 0 Å². The molecule has 1 N–H and O–H groups in total. The number of hydrogen-bond donors (Lipinski definition) is 1. The van der Waals surface area contributed by atoms with Crippen molar-refractivity contribution >= 4 is 23.2 Å². The van der Waals surface area contributed by atoms with Gasteiger partial charge >= 0.3 is 0 Å². The monoisotopic (exact) mass is 437 g/mol. The maximum Gasteiger partial charge on any atom is 0.161 e. The lowest BCUT2D eigenvalue weighted by atomic mass is 9.82. The molecule has 160 valence electrons. The Morgan fingerprint density at radius 2 is 1.52 bits per heavy atom. The lowest BCUT2D eigenvalue weighted by molar-refractivity contribution is 0.240. The van der Waals surface area contributed by atoms with Gasteiger partial charge in [-0.3, -0.25) is 0 Å². The summed E-state index contributed by atoms with van der Waals surface area (Å²) in [5.41, 5.74) is 2.44. The number of benzene rings is 2. The molecule has 29 heavy (non-hydrogen) atoms. The van der Waals surface area contributed by atoms with Crippen molar-refractivity contribution in [2.75, 3.05) is 6.61 Å². The molecule has 0 unspecified atom stereocenters. The van der Waals surface area contributed by atoms with Gasteiger partial charge in [0, 0.05) is 12.1 Å². The SMILES string of the molecule is CCOc1cc(CNC(C)(C)CC(C)(C)C)ccc1OCc1ccc(Cl)c(Cl)c1. The molecule has 0 radical (unpaired) electrons. The van der Waals surface area contributed by atoms with E-state index >= 15 is 0 Å². The molecule has 0 aliphatic rings. The zero-order valence-corrected chi connectivity index (χ0v) is 19.9. The van der Waals surface area contributed by atoms with E-state index in [9.17, 15) is 0 Å². The molecule has 0 amide bonds. The third-order valence-corrected chi connectivity index (χ3v) is 5.17. The normalized spacial score (nSPS) is 12.1. The van der Waals surface area contributed by atoms with Crippen LogP contribution in [0.5, 0.6) is 11.5 Å². The molecule has 5 heteroatoms. The second-order valence-corrected chi connectivity index (χ2v) is 10.0. The van der Waals surface area contributed by atoms with Crippen LogP contribution in [0.15, 0.2) is 36.4 Å². The molecule has 2 rings (SSSR count). The molecule has 2 aromatic carbocycles. The third-order valence-electron chi connectivity index (χ3n) is 4.43. The minimum absolute atomic E-state index is 0.0487. The molecule has 0 aromatic heterocycles. The Balaban J connectivity index is 2.06. The molecular formula is C24H33Cl2NO2. The van der Waals surface area contributed by atoms with Crippen LogP contribution in [0.1, 0.15) is 59.1 Å². The summed E-state index contributed by atoms with van der Waals surface area (Å²) in [5, 5.41) is 4.73. The van der Waals surface area contributed by atoms with Crippen LogP contribution in [0.3, 0.4) is 0 Å². The third kappa shape index (κ3) is 8.08. The van der Waals surface area contributed by atoms with Crippen molar-refractivity contribution in [1.29, 1.82) is 0 Å². The summed E-state index contributed by atoms with van der Waals surface area (Å²) >= 11 is 12.1. The predicted molar refractivity (Wildman–Crippen MR) is 123 cm³/mol. The van der Waals surface area contributed by atoms with Gasteiger partial charge in [-0.25, -0.2) is 0 Å². The predicted octanol–water partition coefficient (Wildman–Crippen LogP) is 7.28. The van der Waals surface area contributed by atoms with Crippen LogP contribution >= 0.6 is 23.2 Å². The smallest absolute Gasteiger partial charge is 0.161 e. The fourth-order valence-electron chi connectivity index (χ4n) is 3.57. The number of nitrogens with one attached hydrogen (secondary N) is 1. The van der Waals surface area contributed by atoms with Crippen LogP contribution in [0.2, 0.25) is 10.0 Å². The van der Waals surface area contributed by atoms with E-state index in [0.29, 0.717) is 23.3 Å². The van der Waals surface area contributed by atoms with Crippen molar-refractivity contribution in [3.63, 3.8) is 0 Å². The maximum absolute atomic E-state index is 6.09. The summed E-state index contributed by atoms with van der Waals surface area (Å²) in [6.07, 6.45) is 1.09. The van der Waals surface area contributed by atoms with Gasteiger partial charge in [-0.1, -0.05) is 56.1 Å². The van der Waals surface area contributed by atoms with Crippen molar-refractivity contribution < 1.29 is 9.47 Å². The molecule has 0 fully saturated rings. The summed E-state index contributed by atoms with van der Waals surface area (Å²) in [6.45, 7) is 15.0. The fourth-order valence-corrected chi connectivity index (χ4v) is 3.89. The summed E-state index contributed by atoms with van der Waals surface area (Å²) < 4.78 is 11.8. The Morgan fingerprint density at radius 1 is 0.828 bits per heavy atom. The molecule has 3 nitrogen and oxygen atoms in total. The molecule has 0 aliphatic carbocycles. The van der Waals surface area contributed by atoms with Gasteiger partial charge in [-0.2, -0.15) is 0 Å². The average molecular weight is 438 g/mol. The van der Waals surface area contributed by atoms with Gasteiger partial charge in [0.2, 0.25) is 0 Å². The first-order chi connectivity index (χ1) is 13.5. The maximum atomic E-state index is 6.09. The Kier molecular flexibility index (Phi) is 8.28. The second kappa shape index (κ2) is 10.1. The molecule has 0 heterocycles. The topological polar surface area (TPSA) is 30.5 Å². The molecular weight excluding hydrogens is 405 g/mol. The highest BCUT2D eigenvalue weighted by Crippen LogP contribution is 2.31. The van der Waals surface area contributed by atoms with E-state index in [1.807, 2.05) is 31.2 Å². The summed E-state index contributed by atoms with van der Waals surface area (Å²) in [7, 11) is 0. The molecule has 0 atom stereocenters. The standard InChI is InChI=1S/C24H33Cl2NO2/c1-7-28-22-13-17(14-27-24(5,6)16-23(2,3)4)9-11-21(22)29-15-18-8-10-19(25)20(26)12-18/h8-13,27H,7,14-16H2,1-6H3. The van der Waals surface area contributed by atoms with E-state index in [4.69, 9.17) is 32.7 Å². The minimum Gasteiger partial charge on any atom is -0.490 e. The highest BCUT2D eigenvalue weighted by molar-refractivity contribution is 6.42. The largest absolute Gasteiger partial charge is 0.490 e. The van der Waals surface area contributed by atoms with Gasteiger partial charge < -0.3 is 14.8 Å². The first kappa shape index (κ1) is 23.9. The number of hydrogen-bond acceptors (Lipinski definition) is 3. The highest BCUT2D eigenvalue weighted by Gasteiger charge is 2.24. The zero-order valence-electron chi connectivity index (χ0n) is 18.4. The first-order valence-electron chi connectivity index (χ1n) is 10.1. The summed E-state index contributed by atoms with van der Waals surface area (Å²) in [6, 6.07) is 11.6. The van der Waals surface area contributed by atoms with Crippen molar-refractivity contribution in [2.45, 2.75) is 66.7 Å². The van der Waals surface area contributed by atoms with Gasteiger partial charge in [-0.15, -0.1) is 0 Å². The van der Waals surface area contributed by atoms with Gasteiger partial charge in [-0.05, 0) is 68.0 Å². The summed E-state index contributed by atoms with van der Waals surface area (Å²) in [4.78, 5) is 0. The number of ether oxygens (including phenoxy) is 2. The second-order valence-electron chi connectivity index (χ2n) is 9.23. The van der Waals surface area contributed by atoms with Crippen molar-refractivity contribution in [3.8, 4) is 11.5 Å². The van der Waals surface area contributed by atoms with E-state index in [1.165, 1.54) is 0 Å². The Hall–Kier alpha value is -1.42. The number of halogens is 2. The van der Waals surface area contributed by atoms with Crippen LogP contribution in [-0.2, 0) is 13.2 Å². The lowest BCUT2D eigenvalue weighted by Crippen LogP contribution is -2.41. The van der Waals surface area contributed by atoms with Gasteiger partial charge in [0.15, 0.2) is 11.5 Å². The van der Waals surface area contributed by atoms with Crippen molar-refractivity contribution in [1.82, 2.24) is 5.32 Å². The van der Waals surface area contributed by atoms with Crippen molar-refractivity contribution in [2.24, 2.45) is 5.41 Å². The molecule has 0 bridgehead atoms. The lowest BCUT2D eigenvalue weighted by Gasteiger charge is -2.33. The molecule has 0 saturated heterocycles. The Bertz CT molecular complexity index is 813. The van der Waals surface area contributed by atoms with E-state index in [1.54, 1.807) is 6.07 Å². The number of rotatable bonds is 9. The highest BCUT2D eigenvalue weighted by atomic mass is 35.5. The van der Waals surface area contributed by atoms with Crippen LogP contribution in [0.4, 0.5) is 0 Å². The summed E-state index contributed by atoms with van der Waals surface area (Å²) in [5.74, 6) is 1.47. The van der Waals surface area contributed by atoms with E-state index in [0.717, 1.165) is 35.6 Å².